The largest absolute Gasteiger partial charge is 0.205 e. The zero-order valence-corrected chi connectivity index (χ0v) is 17.1. The molecule has 0 N–H and O–H groups in total. The number of benzene rings is 1. The number of nitriles is 1. The van der Waals surface area contributed by atoms with Crippen molar-refractivity contribution in [2.24, 2.45) is 17.8 Å². The van der Waals surface area contributed by atoms with Gasteiger partial charge in [0.25, 0.3) is 0 Å². The lowest BCUT2D eigenvalue weighted by atomic mass is 9.75. The maximum atomic E-state index is 14.3. The Morgan fingerprint density at radius 2 is 1.63 bits per heavy atom. The third-order valence-electron chi connectivity index (χ3n) is 7.19. The zero-order valence-electron chi connectivity index (χ0n) is 17.1. The molecule has 1 atom stereocenters. The van der Waals surface area contributed by atoms with Crippen LogP contribution in [0.5, 0.6) is 0 Å². The van der Waals surface area contributed by atoms with Gasteiger partial charge in [-0.15, -0.1) is 0 Å². The lowest BCUT2D eigenvalue weighted by molar-refractivity contribution is 0.233. The molecule has 2 aliphatic carbocycles. The van der Waals surface area contributed by atoms with Crippen LogP contribution in [0.4, 0.5) is 4.39 Å². The lowest BCUT2D eigenvalue weighted by Crippen LogP contribution is -2.19. The quantitative estimate of drug-likeness (QED) is 0.439. The summed E-state index contributed by atoms with van der Waals surface area (Å²) in [5.41, 5.74) is 2.17. The van der Waals surface area contributed by atoms with Gasteiger partial charge < -0.3 is 0 Å². The molecule has 0 heterocycles. The molecule has 27 heavy (non-hydrogen) atoms. The standard InChI is InChI=1S/C25H36FN/c1-2-3-4-5-6-19-7-9-20(10-8-19)11-12-21-13-16-24-22(17-21)14-15-23(18-27)25(24)26/h14-15,19-21H,2-13,16-17H2,1H3. The van der Waals surface area contributed by atoms with E-state index in [0.29, 0.717) is 5.92 Å². The highest BCUT2D eigenvalue weighted by Gasteiger charge is 2.25. The number of rotatable bonds is 8. The summed E-state index contributed by atoms with van der Waals surface area (Å²) in [6, 6.07) is 5.63. The Morgan fingerprint density at radius 3 is 2.33 bits per heavy atom. The molecule has 1 saturated carbocycles. The zero-order chi connectivity index (χ0) is 19.1. The number of hydrogen-bond acceptors (Lipinski definition) is 1. The van der Waals surface area contributed by atoms with Crippen LogP contribution in [0.1, 0.15) is 101 Å². The van der Waals surface area contributed by atoms with E-state index >= 15 is 0 Å². The van der Waals surface area contributed by atoms with Crippen molar-refractivity contribution in [3.8, 4) is 6.07 Å². The molecule has 1 aromatic rings. The minimum Gasteiger partial charge on any atom is -0.205 e. The highest BCUT2D eigenvalue weighted by molar-refractivity contribution is 5.41. The molecule has 2 aliphatic rings. The summed E-state index contributed by atoms with van der Waals surface area (Å²) in [6.45, 7) is 2.29. The second-order valence-corrected chi connectivity index (χ2v) is 9.10. The maximum Gasteiger partial charge on any atom is 0.144 e. The summed E-state index contributed by atoms with van der Waals surface area (Å²) in [5, 5.41) is 9.00. The minimum atomic E-state index is -0.259. The molecular formula is C25H36FN. The van der Waals surface area contributed by atoms with Gasteiger partial charge in [-0.2, -0.15) is 5.26 Å². The van der Waals surface area contributed by atoms with E-state index in [2.05, 4.69) is 6.92 Å². The minimum absolute atomic E-state index is 0.207. The van der Waals surface area contributed by atoms with E-state index in [1.165, 1.54) is 70.6 Å². The molecule has 0 aliphatic heterocycles. The van der Waals surface area contributed by atoms with E-state index in [1.54, 1.807) is 6.07 Å². The molecular weight excluding hydrogens is 333 g/mol. The Balaban J connectivity index is 1.38. The van der Waals surface area contributed by atoms with Crippen LogP contribution in [0, 0.1) is 34.9 Å². The molecule has 148 valence electrons. The molecule has 1 nitrogen and oxygen atoms in total. The van der Waals surface area contributed by atoms with Crippen LogP contribution in [0.2, 0.25) is 0 Å². The van der Waals surface area contributed by atoms with Crippen LogP contribution in [-0.2, 0) is 12.8 Å². The van der Waals surface area contributed by atoms with Gasteiger partial charge in [0.15, 0.2) is 0 Å². The number of hydrogen-bond donors (Lipinski definition) is 0. The summed E-state index contributed by atoms with van der Waals surface area (Å²) < 4.78 is 14.3. The first-order chi connectivity index (χ1) is 13.2. The van der Waals surface area contributed by atoms with Crippen LogP contribution in [0.15, 0.2) is 12.1 Å². The molecule has 0 bridgehead atoms. The van der Waals surface area contributed by atoms with Gasteiger partial charge in [-0.3, -0.25) is 0 Å². The molecule has 1 unspecified atom stereocenters. The average molecular weight is 370 g/mol. The van der Waals surface area contributed by atoms with Gasteiger partial charge in [0.2, 0.25) is 0 Å². The summed E-state index contributed by atoms with van der Waals surface area (Å²) in [6.07, 6.45) is 18.4. The molecule has 1 fully saturated rings. The average Bonchev–Trinajstić information content (AvgIpc) is 2.71. The smallest absolute Gasteiger partial charge is 0.144 e. The molecule has 3 rings (SSSR count). The first-order valence-electron chi connectivity index (χ1n) is 11.4. The Labute approximate surface area is 165 Å². The van der Waals surface area contributed by atoms with E-state index in [-0.39, 0.29) is 11.4 Å². The Morgan fingerprint density at radius 1 is 0.926 bits per heavy atom. The fourth-order valence-corrected chi connectivity index (χ4v) is 5.36. The van der Waals surface area contributed by atoms with Gasteiger partial charge >= 0.3 is 0 Å². The fourth-order valence-electron chi connectivity index (χ4n) is 5.36. The van der Waals surface area contributed by atoms with E-state index < -0.39 is 0 Å². The molecule has 1 aromatic carbocycles. The molecule has 0 spiro atoms. The SMILES string of the molecule is CCCCCCC1CCC(CCC2CCc3c(ccc(C#N)c3F)C2)CC1. The highest BCUT2D eigenvalue weighted by Crippen LogP contribution is 2.37. The summed E-state index contributed by atoms with van der Waals surface area (Å²) >= 11 is 0. The first kappa shape index (κ1) is 20.4. The van der Waals surface area contributed by atoms with E-state index in [4.69, 9.17) is 5.26 Å². The third kappa shape index (κ3) is 5.56. The highest BCUT2D eigenvalue weighted by atomic mass is 19.1. The van der Waals surface area contributed by atoms with Crippen LogP contribution in [0.3, 0.4) is 0 Å². The van der Waals surface area contributed by atoms with E-state index in [1.807, 2.05) is 12.1 Å². The van der Waals surface area contributed by atoms with Gasteiger partial charge in [0.1, 0.15) is 11.9 Å². The molecule has 0 saturated heterocycles. The summed E-state index contributed by atoms with van der Waals surface area (Å²) in [7, 11) is 0. The maximum absolute atomic E-state index is 14.3. The van der Waals surface area contributed by atoms with Crippen molar-refractivity contribution in [2.45, 2.75) is 96.8 Å². The number of halogens is 1. The molecule has 0 radical (unpaired) electrons. The van der Waals surface area contributed by atoms with Crippen LogP contribution >= 0.6 is 0 Å². The molecule has 0 amide bonds. The topological polar surface area (TPSA) is 23.8 Å². The monoisotopic (exact) mass is 369 g/mol. The van der Waals surface area contributed by atoms with E-state index in [0.717, 1.165) is 42.2 Å². The number of unbranched alkanes of at least 4 members (excludes halogenated alkanes) is 3. The fraction of sp³-hybridized carbons (Fsp3) is 0.720. The second-order valence-electron chi connectivity index (χ2n) is 9.10. The van der Waals surface area contributed by atoms with Crippen molar-refractivity contribution < 1.29 is 4.39 Å². The van der Waals surface area contributed by atoms with Gasteiger partial charge in [0, 0.05) is 0 Å². The van der Waals surface area contributed by atoms with Crippen molar-refractivity contribution in [1.29, 1.82) is 5.26 Å². The van der Waals surface area contributed by atoms with Crippen LogP contribution in [-0.4, -0.2) is 0 Å². The van der Waals surface area contributed by atoms with Crippen molar-refractivity contribution in [3.63, 3.8) is 0 Å². The predicted octanol–water partition coefficient (Wildman–Crippen LogP) is 7.36. The van der Waals surface area contributed by atoms with Crippen LogP contribution < -0.4 is 0 Å². The second kappa shape index (κ2) is 10.3. The van der Waals surface area contributed by atoms with Gasteiger partial charge in [-0.1, -0.05) is 77.2 Å². The molecule has 2 heteroatoms. The lowest BCUT2D eigenvalue weighted by Gasteiger charge is -2.31. The Bertz CT molecular complexity index is 636. The third-order valence-corrected chi connectivity index (χ3v) is 7.19. The van der Waals surface area contributed by atoms with E-state index in [9.17, 15) is 4.39 Å². The summed E-state index contributed by atoms with van der Waals surface area (Å²) in [4.78, 5) is 0. The van der Waals surface area contributed by atoms with Gasteiger partial charge in [-0.25, -0.2) is 4.39 Å². The first-order valence-corrected chi connectivity index (χ1v) is 11.4. The Hall–Kier alpha value is -1.36. The Kier molecular flexibility index (Phi) is 7.74. The molecule has 0 aromatic heterocycles. The number of fused-ring (bicyclic) bond motifs is 1. The number of nitrogens with zero attached hydrogens (tertiary/aromatic N) is 1. The predicted molar refractivity (Wildman–Crippen MR) is 110 cm³/mol. The van der Waals surface area contributed by atoms with Crippen molar-refractivity contribution in [2.75, 3.05) is 0 Å². The van der Waals surface area contributed by atoms with Crippen molar-refractivity contribution in [1.82, 2.24) is 0 Å². The van der Waals surface area contributed by atoms with Crippen molar-refractivity contribution >= 4 is 0 Å². The van der Waals surface area contributed by atoms with Crippen LogP contribution in [0.25, 0.3) is 0 Å². The normalized spacial score (nSPS) is 25.0. The van der Waals surface area contributed by atoms with Crippen molar-refractivity contribution in [3.05, 3.63) is 34.6 Å². The van der Waals surface area contributed by atoms with Gasteiger partial charge in [-0.05, 0) is 60.6 Å². The summed E-state index contributed by atoms with van der Waals surface area (Å²) in [5.74, 6) is 2.37. The van der Waals surface area contributed by atoms with Gasteiger partial charge in [0.05, 0.1) is 5.56 Å².